The van der Waals surface area contributed by atoms with Crippen LogP contribution in [0.2, 0.25) is 0 Å². The maximum atomic E-state index is 8.03. The molecule has 0 heterocycles. The molecule has 0 aliphatic carbocycles. The average molecular weight is 192 g/mol. The van der Waals surface area contributed by atoms with Crippen LogP contribution in [-0.4, -0.2) is 127 Å². The van der Waals surface area contributed by atoms with Crippen LogP contribution in [0.25, 0.3) is 0 Å². The van der Waals surface area contributed by atoms with Crippen molar-refractivity contribution in [1.82, 2.24) is 0 Å². The molecule has 2 radical (unpaired) electrons. The summed E-state index contributed by atoms with van der Waals surface area (Å²) in [4.78, 5) is 0. The van der Waals surface area contributed by atoms with Crippen molar-refractivity contribution in [2.24, 2.45) is 0 Å². The summed E-state index contributed by atoms with van der Waals surface area (Å²) in [6.45, 7) is 0. The lowest BCUT2D eigenvalue weighted by molar-refractivity contribution is 3.79. The van der Waals surface area contributed by atoms with E-state index in [0.717, 1.165) is 0 Å². The van der Waals surface area contributed by atoms with Gasteiger partial charge in [0, 0.05) is 107 Å². The molecule has 0 amide bonds. The van der Waals surface area contributed by atoms with Gasteiger partial charge in [0.05, 0.1) is 0 Å². The minimum Gasteiger partial charge on any atom is -0.0379 e. The highest BCUT2D eigenvalue weighted by Crippen LogP contribution is 1.59. The van der Waals surface area contributed by atoms with Gasteiger partial charge in [-0.2, -0.15) is 0 Å². The highest BCUT2D eigenvalue weighted by molar-refractivity contribution is 7.73. The first-order valence-electron chi connectivity index (χ1n) is 13.3. The Labute approximate surface area is 128 Å². The zero-order chi connectivity index (χ0) is 23.9. The minimum atomic E-state index is -1.73. The van der Waals surface area contributed by atoms with Crippen LogP contribution in [0, 0.1) is 0 Å². The Morgan fingerprint density at radius 3 is 1.07 bits per heavy atom. The Bertz CT molecular complexity index is 429. The SMILES string of the molecule is [2H][B]B([2H])B([2H])B([2H])B([2H])B([2H])B([2H])B([2H])B([2H])B([2H])B([2H])B([2H])B([2H])B([2H])[B][2H]. The molecule has 0 aromatic heterocycles. The molecule has 60 valence electrons. The van der Waals surface area contributed by atoms with Crippen LogP contribution in [0.15, 0.2) is 0 Å². The Kier molecular flexibility index (Phi) is 3.98. The van der Waals surface area contributed by atoms with Crippen molar-refractivity contribution in [2.45, 2.75) is 0 Å². The van der Waals surface area contributed by atoms with Crippen LogP contribution >= 0.6 is 0 Å². The van der Waals surface area contributed by atoms with E-state index in [1.165, 1.54) is 0 Å². The summed E-state index contributed by atoms with van der Waals surface area (Å²) in [5.74, 6) is 0. The normalized spacial score (nSPS) is 20.7. The molecule has 0 fully saturated rings. The van der Waals surface area contributed by atoms with Crippen LogP contribution in [-0.2, 0) is 0 Å². The molecule has 0 N–H and O–H groups in total. The first-order chi connectivity index (χ1) is 13.7. The van der Waals surface area contributed by atoms with Crippen LogP contribution < -0.4 is 0 Å². The van der Waals surface area contributed by atoms with Gasteiger partial charge in [-0.3, -0.25) is 0 Å². The monoisotopic (exact) mass is 195 g/mol. The number of hydrogen-bond donors (Lipinski definition) is 0. The van der Waals surface area contributed by atoms with E-state index < -0.39 is 91.3 Å². The van der Waals surface area contributed by atoms with E-state index in [2.05, 4.69) is 0 Å². The summed E-state index contributed by atoms with van der Waals surface area (Å²) in [7, 11) is -19.5. The van der Waals surface area contributed by atoms with Crippen LogP contribution in [0.3, 0.4) is 0 Å². The van der Waals surface area contributed by atoms with E-state index in [4.69, 9.17) is 20.0 Å². The maximum absolute atomic E-state index is 8.03. The molecule has 0 aromatic rings. The molecular formula is H15B15. The fourth-order valence-electron chi connectivity index (χ4n) is 0.706. The molecule has 0 unspecified atom stereocenters. The Hall–Kier alpha value is 0.974. The van der Waals surface area contributed by atoms with Crippen LogP contribution in [0.4, 0.5) is 0 Å². The molecular weight excluding hydrogens is 162 g/mol. The van der Waals surface area contributed by atoms with Crippen LogP contribution in [0.5, 0.6) is 0 Å². The summed E-state index contributed by atoms with van der Waals surface area (Å²) >= 11 is 0. The van der Waals surface area contributed by atoms with Gasteiger partial charge in [0.1, 0.15) is 0 Å². The van der Waals surface area contributed by atoms with Gasteiger partial charge in [-0.1, -0.05) is 0 Å². The fourth-order valence-corrected chi connectivity index (χ4v) is 0.706. The minimum absolute atomic E-state index is 0.631. The topological polar surface area (TPSA) is 0 Å². The van der Waals surface area contributed by atoms with Gasteiger partial charge in [0.25, 0.3) is 0 Å². The largest absolute Gasteiger partial charge is 0.0379 e. The third-order valence-electron chi connectivity index (χ3n) is 1.33. The summed E-state index contributed by atoms with van der Waals surface area (Å²) < 4.78 is 116. The Balaban J connectivity index is 5.15. The van der Waals surface area contributed by atoms with Gasteiger partial charge >= 0.3 is 0 Å². The predicted octanol–water partition coefficient (Wildman–Crippen LogP) is -9.73. The standard InChI is InChI=1S/B15H15/c1-3-5-7-9-11-13-15-14-12-10-8-6-4-2/h1-15H/i1D,2D,3D,4D,5D,6D,7D,8D,9D,10D,11D,12D,13D,14D,15D. The molecule has 15 heteroatoms. The second-order valence-electron chi connectivity index (χ2n) is 2.50. The van der Waals surface area contributed by atoms with E-state index >= 15 is 0 Å². The molecule has 0 saturated heterocycles. The molecule has 0 aliphatic rings. The van der Waals surface area contributed by atoms with E-state index in [1.807, 2.05) is 0 Å². The van der Waals surface area contributed by atoms with Crippen molar-refractivity contribution >= 4 is 107 Å². The predicted molar refractivity (Wildman–Crippen MR) is 107 cm³/mol. The van der Waals surface area contributed by atoms with Gasteiger partial charge < -0.3 is 0 Å². The van der Waals surface area contributed by atoms with Gasteiger partial charge in [-0.15, -0.1) is 0 Å². The van der Waals surface area contributed by atoms with Crippen molar-refractivity contribution in [1.29, 1.82) is 20.0 Å². The molecule has 0 aliphatic heterocycles. The molecule has 0 saturated carbocycles. The van der Waals surface area contributed by atoms with E-state index in [0.29, 0.717) is 15.4 Å². The summed E-state index contributed by atoms with van der Waals surface area (Å²) in [5, 5.41) is 0. The van der Waals surface area contributed by atoms with E-state index in [9.17, 15) is 0 Å². The average Bonchev–Trinajstić information content (AvgIpc) is 2.76. The third-order valence-corrected chi connectivity index (χ3v) is 1.33. The van der Waals surface area contributed by atoms with Crippen LogP contribution in [0.1, 0.15) is 0 Å². The highest BCUT2D eigenvalue weighted by Gasteiger charge is 2.01. The smallest absolute Gasteiger partial charge is 0.0379 e. The van der Waals surface area contributed by atoms with Crippen molar-refractivity contribution in [3.05, 3.63) is 0 Å². The molecule has 0 spiro atoms. The highest BCUT2D eigenvalue weighted by atomic mass is 12.8. The summed E-state index contributed by atoms with van der Waals surface area (Å²) in [6, 6.07) is 0. The zero-order valence-corrected chi connectivity index (χ0v) is 8.66. The van der Waals surface area contributed by atoms with Gasteiger partial charge in [0.15, 0.2) is 0 Å². The quantitative estimate of drug-likeness (QED) is 0.240. The lowest BCUT2D eigenvalue weighted by Gasteiger charge is -1.92. The second kappa shape index (κ2) is 15.0. The van der Waals surface area contributed by atoms with Gasteiger partial charge in [-0.25, -0.2) is 0 Å². The van der Waals surface area contributed by atoms with Crippen molar-refractivity contribution in [3.8, 4) is 0 Å². The van der Waals surface area contributed by atoms with Gasteiger partial charge in [0.2, 0.25) is 0 Å². The summed E-state index contributed by atoms with van der Waals surface area (Å²) in [5.41, 5.74) is 0. The van der Waals surface area contributed by atoms with Crippen molar-refractivity contribution in [2.75, 3.05) is 0 Å². The fraction of sp³-hybridized carbons (Fsp3) is 0. The van der Waals surface area contributed by atoms with Gasteiger partial charge in [-0.05, 0) is 20.0 Å². The van der Waals surface area contributed by atoms with Crippen molar-refractivity contribution < 1.29 is 0 Å². The second-order valence-corrected chi connectivity index (χ2v) is 2.50. The lowest BCUT2D eigenvalue weighted by Crippen LogP contribution is -2.34. The molecule has 15 heavy (non-hydrogen) atoms. The lowest BCUT2D eigenvalue weighted by atomic mass is 8.85. The molecule has 0 rings (SSSR count). The maximum Gasteiger partial charge on any atom is 0.0379 e. The number of hydrogen-bond acceptors (Lipinski definition) is 0. The Morgan fingerprint density at radius 2 is 0.800 bits per heavy atom. The zero-order valence-electron chi connectivity index (χ0n) is 23.7. The molecule has 0 nitrogen and oxygen atoms in total. The Morgan fingerprint density at radius 1 is 0.533 bits per heavy atom. The third kappa shape index (κ3) is 15.0. The molecule has 0 bridgehead atoms. The molecule has 0 aromatic carbocycles. The van der Waals surface area contributed by atoms with E-state index in [1.54, 1.807) is 0 Å². The van der Waals surface area contributed by atoms with Crippen molar-refractivity contribution in [3.63, 3.8) is 0 Å². The first kappa shape index (κ1) is 3.99. The van der Waals surface area contributed by atoms with E-state index in [-0.39, 0.29) is 0 Å². The first-order valence-corrected chi connectivity index (χ1v) is 4.67. The molecule has 0 atom stereocenters. The number of rotatable bonds is 14. The summed E-state index contributed by atoms with van der Waals surface area (Å²) in [6.07, 6.45) is 0.